The summed E-state index contributed by atoms with van der Waals surface area (Å²) in [6, 6.07) is 53.4. The third-order valence-electron chi connectivity index (χ3n) is 8.53. The highest BCUT2D eigenvalue weighted by Crippen LogP contribution is 2.38. The molecule has 4 heteroatoms. The number of thiophene rings is 1. The van der Waals surface area contributed by atoms with E-state index >= 15 is 0 Å². The summed E-state index contributed by atoms with van der Waals surface area (Å²) in [5, 5.41) is 7.28. The van der Waals surface area contributed by atoms with Crippen molar-refractivity contribution in [1.82, 2.24) is 15.0 Å². The summed E-state index contributed by atoms with van der Waals surface area (Å²) in [4.78, 5) is 15.2. The van der Waals surface area contributed by atoms with Gasteiger partial charge in [-0.3, -0.25) is 0 Å². The molecule has 2 aromatic heterocycles. The minimum Gasteiger partial charge on any atom is -0.208 e. The van der Waals surface area contributed by atoms with Crippen LogP contribution in [0.15, 0.2) is 152 Å². The fraction of sp³-hybridized carbons (Fsp3) is 0. The van der Waals surface area contributed by atoms with Crippen molar-refractivity contribution < 1.29 is 0 Å². The van der Waals surface area contributed by atoms with Gasteiger partial charge in [0.05, 0.1) is 0 Å². The number of benzene rings is 7. The molecule has 0 N–H and O–H groups in total. The van der Waals surface area contributed by atoms with Crippen molar-refractivity contribution in [2.24, 2.45) is 0 Å². The van der Waals surface area contributed by atoms with Crippen LogP contribution in [0.25, 0.3) is 87.0 Å². The third kappa shape index (κ3) is 4.46. The molecule has 0 aliphatic rings. The molecule has 0 unspecified atom stereocenters. The quantitative estimate of drug-likeness (QED) is 0.204. The Kier molecular flexibility index (Phi) is 6.00. The predicted octanol–water partition coefficient (Wildman–Crippen LogP) is 11.2. The van der Waals surface area contributed by atoms with Crippen LogP contribution in [0.1, 0.15) is 0 Å². The largest absolute Gasteiger partial charge is 0.208 e. The summed E-state index contributed by atoms with van der Waals surface area (Å²) in [5.74, 6) is 1.99. The SMILES string of the molecule is c1ccc(-c2nc(-c3ccc4c(c3)sc3ccccc34)nc(-c3cccc4c(-c5ccc6ccccc6c5)cccc34)n2)cc1. The van der Waals surface area contributed by atoms with Crippen LogP contribution in [-0.4, -0.2) is 15.0 Å². The van der Waals surface area contributed by atoms with Gasteiger partial charge < -0.3 is 0 Å². The summed E-state index contributed by atoms with van der Waals surface area (Å²) in [6.45, 7) is 0. The second kappa shape index (κ2) is 10.5. The molecule has 0 atom stereocenters. The van der Waals surface area contributed by atoms with E-state index in [4.69, 9.17) is 15.0 Å². The lowest BCUT2D eigenvalue weighted by Gasteiger charge is -2.13. The Morgan fingerprint density at radius 1 is 0.333 bits per heavy atom. The lowest BCUT2D eigenvalue weighted by atomic mass is 9.94. The molecule has 0 aliphatic carbocycles. The first-order chi connectivity index (χ1) is 22.3. The van der Waals surface area contributed by atoms with E-state index in [0.717, 1.165) is 22.1 Å². The van der Waals surface area contributed by atoms with E-state index < -0.39 is 0 Å². The van der Waals surface area contributed by atoms with Gasteiger partial charge in [-0.2, -0.15) is 0 Å². The molecule has 0 saturated carbocycles. The molecule has 9 rings (SSSR count). The van der Waals surface area contributed by atoms with Gasteiger partial charge in [0.25, 0.3) is 0 Å². The van der Waals surface area contributed by atoms with E-state index in [0.29, 0.717) is 17.5 Å². The second-order valence-corrected chi connectivity index (χ2v) is 12.3. The Morgan fingerprint density at radius 3 is 1.82 bits per heavy atom. The molecule has 0 bridgehead atoms. The summed E-state index contributed by atoms with van der Waals surface area (Å²) < 4.78 is 2.51. The van der Waals surface area contributed by atoms with Crippen LogP contribution in [0.3, 0.4) is 0 Å². The average Bonchev–Trinajstić information content (AvgIpc) is 3.49. The normalized spacial score (nSPS) is 11.6. The van der Waals surface area contributed by atoms with Crippen molar-refractivity contribution in [2.75, 3.05) is 0 Å². The molecule has 210 valence electrons. The topological polar surface area (TPSA) is 38.7 Å². The van der Waals surface area contributed by atoms with Gasteiger partial charge in [-0.1, -0.05) is 133 Å². The molecule has 0 radical (unpaired) electrons. The summed E-state index contributed by atoms with van der Waals surface area (Å²) in [7, 11) is 0. The molecule has 2 heterocycles. The Hall–Kier alpha value is -5.71. The highest BCUT2D eigenvalue weighted by atomic mass is 32.1. The van der Waals surface area contributed by atoms with Crippen LogP contribution in [-0.2, 0) is 0 Å². The molecule has 0 amide bonds. The van der Waals surface area contributed by atoms with E-state index in [1.54, 1.807) is 11.3 Å². The van der Waals surface area contributed by atoms with Gasteiger partial charge in [0.15, 0.2) is 17.5 Å². The van der Waals surface area contributed by atoms with Gasteiger partial charge in [0, 0.05) is 36.9 Å². The maximum Gasteiger partial charge on any atom is 0.164 e. The molecule has 9 aromatic rings. The van der Waals surface area contributed by atoms with Gasteiger partial charge in [-0.05, 0) is 50.9 Å². The molecule has 3 nitrogen and oxygen atoms in total. The molecule has 0 saturated heterocycles. The van der Waals surface area contributed by atoms with Crippen LogP contribution < -0.4 is 0 Å². The molecule has 0 aliphatic heterocycles. The first kappa shape index (κ1) is 25.8. The number of fused-ring (bicyclic) bond motifs is 5. The summed E-state index contributed by atoms with van der Waals surface area (Å²) in [5.41, 5.74) is 5.30. The third-order valence-corrected chi connectivity index (χ3v) is 9.66. The van der Waals surface area contributed by atoms with Crippen molar-refractivity contribution in [3.05, 3.63) is 152 Å². The molecular formula is C41H25N3S. The fourth-order valence-electron chi connectivity index (χ4n) is 6.32. The minimum absolute atomic E-state index is 0.662. The zero-order chi connectivity index (χ0) is 29.7. The Bertz CT molecular complexity index is 2550. The Balaban J connectivity index is 1.24. The second-order valence-electron chi connectivity index (χ2n) is 11.2. The van der Waals surface area contributed by atoms with Crippen LogP contribution in [0.5, 0.6) is 0 Å². The van der Waals surface area contributed by atoms with E-state index in [1.165, 1.54) is 47.5 Å². The van der Waals surface area contributed by atoms with Crippen LogP contribution in [0.2, 0.25) is 0 Å². The van der Waals surface area contributed by atoms with Crippen LogP contribution in [0, 0.1) is 0 Å². The maximum atomic E-state index is 5.14. The number of hydrogen-bond acceptors (Lipinski definition) is 4. The maximum absolute atomic E-state index is 5.14. The van der Waals surface area contributed by atoms with Crippen molar-refractivity contribution >= 4 is 53.1 Å². The van der Waals surface area contributed by atoms with Gasteiger partial charge >= 0.3 is 0 Å². The van der Waals surface area contributed by atoms with Crippen molar-refractivity contribution in [2.45, 2.75) is 0 Å². The highest BCUT2D eigenvalue weighted by Gasteiger charge is 2.16. The van der Waals surface area contributed by atoms with Gasteiger partial charge in [0.1, 0.15) is 0 Å². The van der Waals surface area contributed by atoms with Crippen LogP contribution in [0.4, 0.5) is 0 Å². The Labute approximate surface area is 264 Å². The van der Waals surface area contributed by atoms with E-state index in [2.05, 4.69) is 133 Å². The van der Waals surface area contributed by atoms with E-state index in [1.807, 2.05) is 18.2 Å². The molecular weight excluding hydrogens is 567 g/mol. The van der Waals surface area contributed by atoms with Gasteiger partial charge in [0.2, 0.25) is 0 Å². The standard InChI is InChI=1S/C41H25N3S/c1-2-11-27(12-3-1)39-42-40(30-22-23-35-34-14-6-7-19-37(34)45-38(35)25-30)44-41(43-39)36-18-9-16-32-31(15-8-17-33(32)36)29-21-20-26-10-4-5-13-28(26)24-29/h1-25H. The molecule has 45 heavy (non-hydrogen) atoms. The summed E-state index contributed by atoms with van der Waals surface area (Å²) >= 11 is 1.80. The smallest absolute Gasteiger partial charge is 0.164 e. The van der Waals surface area contributed by atoms with Crippen molar-refractivity contribution in [3.8, 4) is 45.3 Å². The molecule has 0 spiro atoms. The number of hydrogen-bond donors (Lipinski definition) is 0. The van der Waals surface area contributed by atoms with Gasteiger partial charge in [-0.15, -0.1) is 11.3 Å². The monoisotopic (exact) mass is 591 g/mol. The molecule has 0 fully saturated rings. The number of rotatable bonds is 4. The number of aromatic nitrogens is 3. The fourth-order valence-corrected chi connectivity index (χ4v) is 7.47. The summed E-state index contributed by atoms with van der Waals surface area (Å²) in [6.07, 6.45) is 0. The van der Waals surface area contributed by atoms with Crippen molar-refractivity contribution in [3.63, 3.8) is 0 Å². The first-order valence-electron chi connectivity index (χ1n) is 15.0. The average molecular weight is 592 g/mol. The van der Waals surface area contributed by atoms with E-state index in [9.17, 15) is 0 Å². The zero-order valence-corrected chi connectivity index (χ0v) is 25.0. The lowest BCUT2D eigenvalue weighted by molar-refractivity contribution is 1.08. The lowest BCUT2D eigenvalue weighted by Crippen LogP contribution is -2.00. The first-order valence-corrected chi connectivity index (χ1v) is 15.8. The van der Waals surface area contributed by atoms with E-state index in [-0.39, 0.29) is 0 Å². The molecule has 7 aromatic carbocycles. The zero-order valence-electron chi connectivity index (χ0n) is 24.2. The predicted molar refractivity (Wildman–Crippen MR) is 189 cm³/mol. The highest BCUT2D eigenvalue weighted by molar-refractivity contribution is 7.25. The Morgan fingerprint density at radius 2 is 0.956 bits per heavy atom. The van der Waals surface area contributed by atoms with Crippen molar-refractivity contribution in [1.29, 1.82) is 0 Å². The van der Waals surface area contributed by atoms with Crippen LogP contribution >= 0.6 is 11.3 Å². The minimum atomic E-state index is 0.662. The van der Waals surface area contributed by atoms with Gasteiger partial charge in [-0.25, -0.2) is 15.0 Å². The number of nitrogens with zero attached hydrogens (tertiary/aromatic N) is 3.